The number of ether oxygens (including phenoxy) is 1. The third kappa shape index (κ3) is 5.22. The number of rotatable bonds is 8. The zero-order valence-corrected chi connectivity index (χ0v) is 18.5. The van der Waals surface area contributed by atoms with Crippen LogP contribution in [0.15, 0.2) is 72.8 Å². The summed E-state index contributed by atoms with van der Waals surface area (Å²) in [6.07, 6.45) is 8.23. The second-order valence-electron chi connectivity index (χ2n) is 7.91. The van der Waals surface area contributed by atoms with Crippen LogP contribution in [-0.4, -0.2) is 36.1 Å². The number of hydrogen-bond donors (Lipinski definition) is 0. The monoisotopic (exact) mass is 427 g/mol. The van der Waals surface area contributed by atoms with Crippen LogP contribution < -0.4 is 4.90 Å². The largest absolute Gasteiger partial charge is 0.469 e. The summed E-state index contributed by atoms with van der Waals surface area (Å²) in [6, 6.07) is 20.6. The average molecular weight is 428 g/mol. The summed E-state index contributed by atoms with van der Waals surface area (Å²) in [7, 11) is 1.41. The highest BCUT2D eigenvalue weighted by molar-refractivity contribution is 5.79. The fourth-order valence-corrected chi connectivity index (χ4v) is 4.02. The van der Waals surface area contributed by atoms with E-state index >= 15 is 0 Å². The van der Waals surface area contributed by atoms with Gasteiger partial charge in [0, 0.05) is 24.2 Å². The van der Waals surface area contributed by atoms with Gasteiger partial charge in [-0.3, -0.25) is 4.79 Å². The molecule has 5 nitrogen and oxygen atoms in total. The zero-order valence-electron chi connectivity index (χ0n) is 18.5. The number of aromatic nitrogens is 2. The molecule has 32 heavy (non-hydrogen) atoms. The van der Waals surface area contributed by atoms with Gasteiger partial charge in [0.15, 0.2) is 5.82 Å². The summed E-state index contributed by atoms with van der Waals surface area (Å²) in [4.78, 5) is 23.9. The van der Waals surface area contributed by atoms with Gasteiger partial charge in [0.25, 0.3) is 0 Å². The van der Waals surface area contributed by atoms with Crippen molar-refractivity contribution >= 4 is 11.8 Å². The highest BCUT2D eigenvalue weighted by Gasteiger charge is 2.23. The van der Waals surface area contributed by atoms with E-state index in [2.05, 4.69) is 40.0 Å². The van der Waals surface area contributed by atoms with Gasteiger partial charge in [-0.15, -0.1) is 0 Å². The fraction of sp³-hybridized carbons (Fsp3) is 0.296. The second-order valence-corrected chi connectivity index (χ2v) is 7.91. The third-order valence-electron chi connectivity index (χ3n) is 5.66. The molecule has 0 amide bonds. The lowest BCUT2D eigenvalue weighted by Crippen LogP contribution is -2.32. The lowest BCUT2D eigenvalue weighted by atomic mass is 10.0. The molecule has 0 fully saturated rings. The first-order chi connectivity index (χ1) is 15.8. The summed E-state index contributed by atoms with van der Waals surface area (Å²) in [5.41, 5.74) is 5.13. The molecule has 0 spiro atoms. The predicted octanol–water partition coefficient (Wildman–Crippen LogP) is 5.46. The number of esters is 1. The molecule has 2 aromatic carbocycles. The number of aryl methyl sites for hydroxylation is 1. The number of hydrogen-bond acceptors (Lipinski definition) is 5. The molecule has 3 aromatic rings. The van der Waals surface area contributed by atoms with Crippen LogP contribution in [0.25, 0.3) is 22.5 Å². The van der Waals surface area contributed by atoms with E-state index in [4.69, 9.17) is 9.97 Å². The molecule has 0 aliphatic carbocycles. The molecule has 1 aliphatic rings. The maximum Gasteiger partial charge on any atom is 0.309 e. The molecule has 0 bridgehead atoms. The number of unbranched alkanes of at least 4 members (excludes halogenated alkanes) is 1. The van der Waals surface area contributed by atoms with Crippen LogP contribution in [0.4, 0.5) is 5.82 Å². The van der Waals surface area contributed by atoms with Crippen molar-refractivity contribution in [1.82, 2.24) is 9.97 Å². The van der Waals surface area contributed by atoms with Gasteiger partial charge < -0.3 is 9.64 Å². The van der Waals surface area contributed by atoms with E-state index in [1.807, 2.05) is 42.5 Å². The van der Waals surface area contributed by atoms with Gasteiger partial charge in [0.2, 0.25) is 0 Å². The Morgan fingerprint density at radius 1 is 0.969 bits per heavy atom. The number of methoxy groups -OCH3 is 1. The number of allylic oxidation sites excluding steroid dienone is 1. The molecule has 1 aromatic heterocycles. The Balaban J connectivity index is 1.58. The van der Waals surface area contributed by atoms with Crippen molar-refractivity contribution in [2.75, 3.05) is 25.1 Å². The number of carbonyl (C=O) groups excluding carboxylic acids is 1. The summed E-state index contributed by atoms with van der Waals surface area (Å²) in [5, 5.41) is 0. The normalized spacial score (nSPS) is 13.2. The van der Waals surface area contributed by atoms with E-state index in [1.54, 1.807) is 0 Å². The van der Waals surface area contributed by atoms with Crippen molar-refractivity contribution < 1.29 is 9.53 Å². The molecule has 4 rings (SSSR count). The minimum absolute atomic E-state index is 0.204. The first-order valence-electron chi connectivity index (χ1n) is 11.2. The van der Waals surface area contributed by atoms with Crippen LogP contribution in [0.5, 0.6) is 0 Å². The third-order valence-corrected chi connectivity index (χ3v) is 5.66. The van der Waals surface area contributed by atoms with Gasteiger partial charge in [-0.25, -0.2) is 9.97 Å². The van der Waals surface area contributed by atoms with E-state index in [0.717, 1.165) is 72.8 Å². The van der Waals surface area contributed by atoms with Crippen molar-refractivity contribution in [2.45, 2.75) is 32.1 Å². The second kappa shape index (κ2) is 10.7. The molecule has 0 saturated carbocycles. The molecular weight excluding hydrogens is 398 g/mol. The Morgan fingerprint density at radius 3 is 2.28 bits per heavy atom. The predicted molar refractivity (Wildman–Crippen MR) is 128 cm³/mol. The molecule has 0 N–H and O–H groups in total. The minimum atomic E-state index is -0.204. The molecule has 1 aliphatic heterocycles. The van der Waals surface area contributed by atoms with Crippen LogP contribution in [0.2, 0.25) is 0 Å². The SMILES string of the molecule is COC(=O)CC=CCCCN1CCCc2nc(-c3ccccc3)c(-c3ccccc3)nc21. The van der Waals surface area contributed by atoms with E-state index in [9.17, 15) is 4.79 Å². The van der Waals surface area contributed by atoms with E-state index in [-0.39, 0.29) is 5.97 Å². The van der Waals surface area contributed by atoms with Gasteiger partial charge in [0.1, 0.15) is 0 Å². The number of anilines is 1. The molecule has 2 heterocycles. The van der Waals surface area contributed by atoms with Crippen LogP contribution >= 0.6 is 0 Å². The molecule has 164 valence electrons. The number of benzene rings is 2. The standard InChI is InChI=1S/C27H29N3O2/c1-32-24(31)18-10-2-3-11-19-30-20-12-17-23-27(30)29-26(22-15-8-5-9-16-22)25(28-23)21-13-6-4-7-14-21/h2,4-10,13-16H,3,11-12,17-20H2,1H3. The van der Waals surface area contributed by atoms with Gasteiger partial charge in [-0.05, 0) is 25.7 Å². The van der Waals surface area contributed by atoms with Crippen molar-refractivity contribution in [1.29, 1.82) is 0 Å². The maximum atomic E-state index is 11.2. The highest BCUT2D eigenvalue weighted by Crippen LogP contribution is 2.34. The van der Waals surface area contributed by atoms with Crippen LogP contribution in [0, 0.1) is 0 Å². The summed E-state index contributed by atoms with van der Waals surface area (Å²) in [6.45, 7) is 1.91. The molecular formula is C27H29N3O2. The lowest BCUT2D eigenvalue weighted by molar-refractivity contribution is -0.139. The molecule has 0 radical (unpaired) electrons. The Morgan fingerprint density at radius 2 is 1.62 bits per heavy atom. The van der Waals surface area contributed by atoms with Crippen molar-refractivity contribution in [3.63, 3.8) is 0 Å². The van der Waals surface area contributed by atoms with Gasteiger partial charge in [0.05, 0.1) is 30.6 Å². The molecule has 0 atom stereocenters. The minimum Gasteiger partial charge on any atom is -0.469 e. The van der Waals surface area contributed by atoms with Crippen LogP contribution in [-0.2, 0) is 16.0 Å². The summed E-state index contributed by atoms with van der Waals surface area (Å²) < 4.78 is 4.67. The molecule has 0 unspecified atom stereocenters. The number of fused-ring (bicyclic) bond motifs is 1. The lowest BCUT2D eigenvalue weighted by Gasteiger charge is -2.30. The Hall–Kier alpha value is -3.47. The maximum absolute atomic E-state index is 11.2. The summed E-state index contributed by atoms with van der Waals surface area (Å²) >= 11 is 0. The van der Waals surface area contributed by atoms with E-state index in [1.165, 1.54) is 7.11 Å². The van der Waals surface area contributed by atoms with Gasteiger partial charge >= 0.3 is 5.97 Å². The summed E-state index contributed by atoms with van der Waals surface area (Å²) in [5.74, 6) is 0.803. The Kier molecular flexibility index (Phi) is 7.28. The number of nitrogens with zero attached hydrogens (tertiary/aromatic N) is 3. The van der Waals surface area contributed by atoms with Gasteiger partial charge in [-0.1, -0.05) is 72.8 Å². The van der Waals surface area contributed by atoms with Crippen LogP contribution in [0.1, 0.15) is 31.4 Å². The van der Waals surface area contributed by atoms with Crippen LogP contribution in [0.3, 0.4) is 0 Å². The van der Waals surface area contributed by atoms with E-state index in [0.29, 0.717) is 6.42 Å². The quantitative estimate of drug-likeness (QED) is 0.271. The smallest absolute Gasteiger partial charge is 0.309 e. The number of carbonyl (C=O) groups is 1. The first kappa shape index (κ1) is 21.8. The first-order valence-corrected chi connectivity index (χ1v) is 11.2. The molecule has 0 saturated heterocycles. The van der Waals surface area contributed by atoms with Crippen molar-refractivity contribution in [3.8, 4) is 22.5 Å². The van der Waals surface area contributed by atoms with Gasteiger partial charge in [-0.2, -0.15) is 0 Å². The topological polar surface area (TPSA) is 55.3 Å². The van der Waals surface area contributed by atoms with Crippen molar-refractivity contribution in [3.05, 3.63) is 78.5 Å². The Bertz CT molecular complexity index is 1070. The fourth-order valence-electron chi connectivity index (χ4n) is 4.02. The van der Waals surface area contributed by atoms with E-state index < -0.39 is 0 Å². The highest BCUT2D eigenvalue weighted by atomic mass is 16.5. The Labute approximate surface area is 189 Å². The zero-order chi connectivity index (χ0) is 22.2. The van der Waals surface area contributed by atoms with Crippen molar-refractivity contribution in [2.24, 2.45) is 0 Å². The molecule has 5 heteroatoms. The average Bonchev–Trinajstić information content (AvgIpc) is 2.86.